The van der Waals surface area contributed by atoms with Gasteiger partial charge in [-0.25, -0.2) is 9.78 Å². The van der Waals surface area contributed by atoms with Crippen LogP contribution >= 0.6 is 0 Å². The highest BCUT2D eigenvalue weighted by molar-refractivity contribution is 6.01. The van der Waals surface area contributed by atoms with Crippen molar-refractivity contribution in [2.24, 2.45) is 0 Å². The van der Waals surface area contributed by atoms with E-state index in [1.165, 1.54) is 18.0 Å². The summed E-state index contributed by atoms with van der Waals surface area (Å²) in [6, 6.07) is 5.95. The van der Waals surface area contributed by atoms with Crippen LogP contribution in [-0.2, 0) is 19.1 Å². The van der Waals surface area contributed by atoms with E-state index in [1.807, 2.05) is 32.9 Å². The van der Waals surface area contributed by atoms with Gasteiger partial charge in [0.05, 0.1) is 31.9 Å². The molecule has 2 aromatic heterocycles. The predicted molar refractivity (Wildman–Crippen MR) is 119 cm³/mol. The van der Waals surface area contributed by atoms with Crippen LogP contribution in [0.1, 0.15) is 46.8 Å². The highest BCUT2D eigenvalue weighted by Crippen LogP contribution is 2.27. The van der Waals surface area contributed by atoms with Gasteiger partial charge < -0.3 is 14.8 Å². The highest BCUT2D eigenvalue weighted by Gasteiger charge is 2.23. The lowest BCUT2D eigenvalue weighted by Gasteiger charge is -2.13. The second kappa shape index (κ2) is 9.59. The van der Waals surface area contributed by atoms with Crippen LogP contribution < -0.4 is 5.32 Å². The summed E-state index contributed by atoms with van der Waals surface area (Å²) in [6.45, 7) is 7.84. The van der Waals surface area contributed by atoms with Gasteiger partial charge in [0.1, 0.15) is 5.56 Å². The lowest BCUT2D eigenvalue weighted by Crippen LogP contribution is -2.19. The number of nitrogens with one attached hydrogen (secondary N) is 1. The number of amides is 1. The molecule has 0 saturated carbocycles. The Labute approximate surface area is 185 Å². The molecule has 3 aromatic rings. The normalized spacial score (nSPS) is 10.8. The standard InChI is InChI=1S/C23H26N4O5/c1-6-32-23(30)17-12-24-27(22(17)26-19(28)7-8-20(29)31-5)18-11-14(3)16-10-13(2)9-15(4)21(16)25-18/h9-12H,6-8H2,1-5H3,(H,26,28). The van der Waals surface area contributed by atoms with Gasteiger partial charge in [0.2, 0.25) is 5.91 Å². The van der Waals surface area contributed by atoms with Gasteiger partial charge in [0.15, 0.2) is 11.6 Å². The average Bonchev–Trinajstić information content (AvgIpc) is 3.16. The van der Waals surface area contributed by atoms with Crippen LogP contribution in [0.3, 0.4) is 0 Å². The number of anilines is 1. The monoisotopic (exact) mass is 438 g/mol. The van der Waals surface area contributed by atoms with Crippen molar-refractivity contribution in [3.8, 4) is 5.82 Å². The lowest BCUT2D eigenvalue weighted by atomic mass is 10.0. The van der Waals surface area contributed by atoms with Gasteiger partial charge >= 0.3 is 11.9 Å². The third-order valence-corrected chi connectivity index (χ3v) is 4.96. The van der Waals surface area contributed by atoms with Crippen LogP contribution in [0.5, 0.6) is 0 Å². The minimum Gasteiger partial charge on any atom is -0.469 e. The van der Waals surface area contributed by atoms with Crippen LogP contribution in [0, 0.1) is 20.8 Å². The first-order valence-electron chi connectivity index (χ1n) is 10.3. The van der Waals surface area contributed by atoms with E-state index in [-0.39, 0.29) is 30.8 Å². The highest BCUT2D eigenvalue weighted by atomic mass is 16.5. The number of esters is 2. The zero-order chi connectivity index (χ0) is 23.4. The van der Waals surface area contributed by atoms with Crippen molar-refractivity contribution in [2.75, 3.05) is 19.0 Å². The van der Waals surface area contributed by atoms with E-state index >= 15 is 0 Å². The van der Waals surface area contributed by atoms with Crippen molar-refractivity contribution < 1.29 is 23.9 Å². The molecular weight excluding hydrogens is 412 g/mol. The molecule has 0 aliphatic heterocycles. The molecule has 0 aliphatic carbocycles. The molecule has 2 heterocycles. The smallest absolute Gasteiger partial charge is 0.343 e. The summed E-state index contributed by atoms with van der Waals surface area (Å²) in [5.74, 6) is -1.01. The Bertz CT molecular complexity index is 1200. The van der Waals surface area contributed by atoms with E-state index in [0.29, 0.717) is 5.82 Å². The van der Waals surface area contributed by atoms with Crippen LogP contribution in [0.15, 0.2) is 24.4 Å². The number of aromatic nitrogens is 3. The number of carbonyl (C=O) groups is 3. The van der Waals surface area contributed by atoms with Crippen LogP contribution in [0.25, 0.3) is 16.7 Å². The Kier molecular flexibility index (Phi) is 6.87. The minimum absolute atomic E-state index is 0.0862. The summed E-state index contributed by atoms with van der Waals surface area (Å²) in [4.78, 5) is 41.1. The number of hydrogen-bond donors (Lipinski definition) is 1. The molecule has 0 saturated heterocycles. The quantitative estimate of drug-likeness (QED) is 0.563. The molecule has 1 N–H and O–H groups in total. The van der Waals surface area contributed by atoms with Gasteiger partial charge in [0.25, 0.3) is 0 Å². The number of hydrogen-bond acceptors (Lipinski definition) is 7. The summed E-state index contributed by atoms with van der Waals surface area (Å²) >= 11 is 0. The molecule has 0 fully saturated rings. The molecule has 3 rings (SSSR count). The van der Waals surface area contributed by atoms with Crippen molar-refractivity contribution in [2.45, 2.75) is 40.5 Å². The summed E-state index contributed by atoms with van der Waals surface area (Å²) in [6.07, 6.45) is 1.14. The lowest BCUT2D eigenvalue weighted by molar-refractivity contribution is -0.141. The van der Waals surface area contributed by atoms with Crippen LogP contribution in [-0.4, -0.2) is 46.3 Å². The van der Waals surface area contributed by atoms with Gasteiger partial charge in [-0.15, -0.1) is 0 Å². The maximum absolute atomic E-state index is 12.5. The summed E-state index contributed by atoms with van der Waals surface area (Å²) in [5, 5.41) is 8.00. The summed E-state index contributed by atoms with van der Waals surface area (Å²) in [5.41, 5.74) is 4.02. The van der Waals surface area contributed by atoms with Crippen LogP contribution in [0.4, 0.5) is 5.82 Å². The maximum atomic E-state index is 12.5. The zero-order valence-corrected chi connectivity index (χ0v) is 18.8. The Morgan fingerprint density at radius 3 is 2.50 bits per heavy atom. The first-order chi connectivity index (χ1) is 15.2. The van der Waals surface area contributed by atoms with E-state index in [0.717, 1.165) is 27.6 Å². The third kappa shape index (κ3) is 4.77. The topological polar surface area (TPSA) is 112 Å². The SMILES string of the molecule is CCOC(=O)c1cnn(-c2cc(C)c3cc(C)cc(C)c3n2)c1NC(=O)CCC(=O)OC. The fourth-order valence-corrected chi connectivity index (χ4v) is 3.45. The Morgan fingerprint density at radius 2 is 1.81 bits per heavy atom. The van der Waals surface area contributed by atoms with E-state index in [4.69, 9.17) is 9.72 Å². The van der Waals surface area contributed by atoms with E-state index < -0.39 is 17.8 Å². The molecular formula is C23H26N4O5. The molecule has 32 heavy (non-hydrogen) atoms. The van der Waals surface area contributed by atoms with Crippen LogP contribution in [0.2, 0.25) is 0 Å². The molecule has 0 unspecified atom stereocenters. The molecule has 0 bridgehead atoms. The number of carbonyl (C=O) groups excluding carboxylic acids is 3. The number of rotatable bonds is 7. The van der Waals surface area contributed by atoms with Gasteiger partial charge in [-0.1, -0.05) is 11.6 Å². The first kappa shape index (κ1) is 22.9. The fourth-order valence-electron chi connectivity index (χ4n) is 3.45. The van der Waals surface area contributed by atoms with Crippen molar-refractivity contribution in [3.63, 3.8) is 0 Å². The second-order valence-electron chi connectivity index (χ2n) is 7.44. The Morgan fingerprint density at radius 1 is 1.06 bits per heavy atom. The Balaban J connectivity index is 2.07. The number of ether oxygens (including phenoxy) is 2. The van der Waals surface area contributed by atoms with E-state index in [1.54, 1.807) is 6.92 Å². The van der Waals surface area contributed by atoms with Gasteiger partial charge in [0, 0.05) is 11.8 Å². The summed E-state index contributed by atoms with van der Waals surface area (Å²) < 4.78 is 11.1. The summed E-state index contributed by atoms with van der Waals surface area (Å²) in [7, 11) is 1.26. The molecule has 0 radical (unpaired) electrons. The van der Waals surface area contributed by atoms with E-state index in [9.17, 15) is 14.4 Å². The molecule has 0 aliphatic rings. The molecule has 0 spiro atoms. The zero-order valence-electron chi connectivity index (χ0n) is 18.8. The van der Waals surface area contributed by atoms with Crippen molar-refractivity contribution >= 4 is 34.6 Å². The second-order valence-corrected chi connectivity index (χ2v) is 7.44. The number of methoxy groups -OCH3 is 1. The average molecular weight is 438 g/mol. The van der Waals surface area contributed by atoms with Crippen molar-refractivity contribution in [1.29, 1.82) is 0 Å². The number of fused-ring (bicyclic) bond motifs is 1. The fraction of sp³-hybridized carbons (Fsp3) is 0.348. The predicted octanol–water partition coefficient (Wildman–Crippen LogP) is 3.41. The van der Waals surface area contributed by atoms with Gasteiger partial charge in [-0.05, 0) is 51.0 Å². The Hall–Kier alpha value is -3.75. The number of nitrogens with zero attached hydrogens (tertiary/aromatic N) is 3. The molecule has 1 amide bonds. The molecule has 168 valence electrons. The largest absolute Gasteiger partial charge is 0.469 e. The van der Waals surface area contributed by atoms with Gasteiger partial charge in [-0.2, -0.15) is 9.78 Å². The van der Waals surface area contributed by atoms with Crippen molar-refractivity contribution in [3.05, 3.63) is 46.6 Å². The van der Waals surface area contributed by atoms with Gasteiger partial charge in [-0.3, -0.25) is 9.59 Å². The molecule has 9 heteroatoms. The number of pyridine rings is 1. The number of benzene rings is 1. The maximum Gasteiger partial charge on any atom is 0.343 e. The first-order valence-corrected chi connectivity index (χ1v) is 10.3. The van der Waals surface area contributed by atoms with E-state index in [2.05, 4.69) is 21.2 Å². The number of aryl methyl sites for hydroxylation is 3. The van der Waals surface area contributed by atoms with Crippen molar-refractivity contribution in [1.82, 2.24) is 14.8 Å². The molecule has 9 nitrogen and oxygen atoms in total. The molecule has 0 atom stereocenters. The minimum atomic E-state index is -0.619. The molecule has 1 aromatic carbocycles. The third-order valence-electron chi connectivity index (χ3n) is 4.96.